The van der Waals surface area contributed by atoms with E-state index in [1.807, 2.05) is 18.2 Å². The van der Waals surface area contributed by atoms with Crippen molar-refractivity contribution in [3.63, 3.8) is 0 Å². The van der Waals surface area contributed by atoms with Gasteiger partial charge >= 0.3 is 0 Å². The van der Waals surface area contributed by atoms with Gasteiger partial charge in [-0.25, -0.2) is 0 Å². The minimum absolute atomic E-state index is 0.00388. The predicted molar refractivity (Wildman–Crippen MR) is 72.2 cm³/mol. The van der Waals surface area contributed by atoms with Crippen molar-refractivity contribution in [3.05, 3.63) is 42.2 Å². The van der Waals surface area contributed by atoms with Gasteiger partial charge in [0.2, 0.25) is 5.91 Å². The molecule has 0 fully saturated rings. The highest BCUT2D eigenvalue weighted by molar-refractivity contribution is 5.78. The van der Waals surface area contributed by atoms with Gasteiger partial charge in [0.05, 0.1) is 12.6 Å². The number of benzene rings is 1. The van der Waals surface area contributed by atoms with Crippen molar-refractivity contribution >= 4 is 11.6 Å². The molecule has 0 bridgehead atoms. The molecule has 1 heterocycles. The molecule has 6 heteroatoms. The van der Waals surface area contributed by atoms with Gasteiger partial charge in [0.25, 0.3) is 0 Å². The van der Waals surface area contributed by atoms with E-state index in [2.05, 4.69) is 15.6 Å². The molecule has 0 saturated heterocycles. The average molecular weight is 259 g/mol. The Morgan fingerprint density at radius 1 is 1.42 bits per heavy atom. The number of amides is 1. The number of nitrogens with two attached hydrogens (primary N) is 1. The van der Waals surface area contributed by atoms with E-state index in [1.165, 1.54) is 0 Å². The highest BCUT2D eigenvalue weighted by Crippen LogP contribution is 2.06. The molecule has 1 aromatic heterocycles. The molecule has 19 heavy (non-hydrogen) atoms. The maximum absolute atomic E-state index is 11.7. The second kappa shape index (κ2) is 6.53. The third kappa shape index (κ3) is 4.42. The van der Waals surface area contributed by atoms with Crippen LogP contribution in [0, 0.1) is 0 Å². The third-order valence-corrected chi connectivity index (χ3v) is 2.67. The minimum Gasteiger partial charge on any atom is -0.399 e. The van der Waals surface area contributed by atoms with Crippen LogP contribution in [0.4, 0.5) is 5.69 Å². The molecule has 0 aliphatic carbocycles. The first kappa shape index (κ1) is 13.1. The Bertz CT molecular complexity index is 524. The number of aromatic nitrogens is 3. The Morgan fingerprint density at radius 3 is 3.05 bits per heavy atom. The summed E-state index contributed by atoms with van der Waals surface area (Å²) in [5.41, 5.74) is 7.26. The molecule has 0 radical (unpaired) electrons. The van der Waals surface area contributed by atoms with E-state index in [0.717, 1.165) is 18.5 Å². The Kier molecular flexibility index (Phi) is 4.49. The summed E-state index contributed by atoms with van der Waals surface area (Å²) < 4.78 is 1.74. The van der Waals surface area contributed by atoms with Crippen LogP contribution in [0.1, 0.15) is 12.0 Å². The first-order valence-corrected chi connectivity index (χ1v) is 6.19. The largest absolute Gasteiger partial charge is 0.399 e. The van der Waals surface area contributed by atoms with Crippen LogP contribution in [0.5, 0.6) is 0 Å². The second-order valence-corrected chi connectivity index (χ2v) is 4.29. The predicted octanol–water partition coefficient (Wildman–Crippen LogP) is 0.609. The lowest BCUT2D eigenvalue weighted by Gasteiger charge is -2.05. The summed E-state index contributed by atoms with van der Waals surface area (Å²) in [7, 11) is 0. The summed E-state index contributed by atoms with van der Waals surface area (Å²) in [6.45, 7) is 1.37. The fourth-order valence-electron chi connectivity index (χ4n) is 1.77. The van der Waals surface area contributed by atoms with Crippen molar-refractivity contribution in [3.8, 4) is 0 Å². The summed E-state index contributed by atoms with van der Waals surface area (Å²) >= 11 is 0. The Hall–Kier alpha value is -2.37. The van der Waals surface area contributed by atoms with E-state index in [9.17, 15) is 4.79 Å². The normalized spacial score (nSPS) is 10.3. The molecule has 2 aromatic rings. The van der Waals surface area contributed by atoms with Gasteiger partial charge in [-0.3, -0.25) is 9.48 Å². The Morgan fingerprint density at radius 2 is 2.32 bits per heavy atom. The van der Waals surface area contributed by atoms with Gasteiger partial charge in [0.15, 0.2) is 0 Å². The summed E-state index contributed by atoms with van der Waals surface area (Å²) in [5.74, 6) is 0.00388. The number of aryl methyl sites for hydroxylation is 1. The minimum atomic E-state index is 0.00388. The van der Waals surface area contributed by atoms with E-state index < -0.39 is 0 Å². The fourth-order valence-corrected chi connectivity index (χ4v) is 1.77. The standard InChI is InChI=1S/C13H17N5O/c14-12-4-1-3-11(9-12)10-13(19)15-5-2-7-18-8-6-16-17-18/h1,3-4,6,8-9H,2,5,7,10,14H2,(H,15,19). The lowest BCUT2D eigenvalue weighted by atomic mass is 10.1. The maximum atomic E-state index is 11.7. The van der Waals surface area contributed by atoms with Crippen molar-refractivity contribution in [2.45, 2.75) is 19.4 Å². The summed E-state index contributed by atoms with van der Waals surface area (Å²) in [4.78, 5) is 11.7. The zero-order valence-corrected chi connectivity index (χ0v) is 10.6. The number of nitrogens with one attached hydrogen (secondary N) is 1. The quantitative estimate of drug-likeness (QED) is 0.588. The Labute approximate surface area is 111 Å². The Balaban J connectivity index is 1.67. The molecule has 0 aliphatic rings. The number of carbonyl (C=O) groups is 1. The van der Waals surface area contributed by atoms with Gasteiger partial charge in [0.1, 0.15) is 0 Å². The van der Waals surface area contributed by atoms with Crippen molar-refractivity contribution < 1.29 is 4.79 Å². The molecule has 3 N–H and O–H groups in total. The van der Waals surface area contributed by atoms with Gasteiger partial charge in [-0.15, -0.1) is 5.10 Å². The van der Waals surface area contributed by atoms with Crippen LogP contribution >= 0.6 is 0 Å². The van der Waals surface area contributed by atoms with Crippen LogP contribution in [0.15, 0.2) is 36.7 Å². The molecule has 2 rings (SSSR count). The summed E-state index contributed by atoms with van der Waals surface area (Å²) in [5, 5.41) is 10.4. The number of rotatable bonds is 6. The van der Waals surface area contributed by atoms with Crippen molar-refractivity contribution in [1.29, 1.82) is 0 Å². The van der Waals surface area contributed by atoms with Crippen LogP contribution < -0.4 is 11.1 Å². The number of hydrogen-bond donors (Lipinski definition) is 2. The zero-order chi connectivity index (χ0) is 13.5. The smallest absolute Gasteiger partial charge is 0.224 e. The molecule has 6 nitrogen and oxygen atoms in total. The zero-order valence-electron chi connectivity index (χ0n) is 10.6. The van der Waals surface area contributed by atoms with E-state index in [4.69, 9.17) is 5.73 Å². The highest BCUT2D eigenvalue weighted by Gasteiger charge is 2.03. The molecular weight excluding hydrogens is 242 g/mol. The average Bonchev–Trinajstić information content (AvgIpc) is 2.88. The van der Waals surface area contributed by atoms with Crippen LogP contribution in [0.25, 0.3) is 0 Å². The number of anilines is 1. The fraction of sp³-hybridized carbons (Fsp3) is 0.308. The number of nitrogen functional groups attached to an aromatic ring is 1. The molecule has 1 amide bonds. The second-order valence-electron chi connectivity index (χ2n) is 4.29. The van der Waals surface area contributed by atoms with Crippen LogP contribution in [0.2, 0.25) is 0 Å². The lowest BCUT2D eigenvalue weighted by Crippen LogP contribution is -2.26. The molecule has 0 saturated carbocycles. The topological polar surface area (TPSA) is 85.8 Å². The molecule has 0 aliphatic heterocycles. The van der Waals surface area contributed by atoms with Gasteiger partial charge in [0, 0.05) is 25.0 Å². The van der Waals surface area contributed by atoms with Gasteiger partial charge in [-0.1, -0.05) is 17.3 Å². The third-order valence-electron chi connectivity index (χ3n) is 2.67. The molecule has 0 spiro atoms. The monoisotopic (exact) mass is 259 g/mol. The van der Waals surface area contributed by atoms with Crippen LogP contribution in [-0.2, 0) is 17.8 Å². The van der Waals surface area contributed by atoms with Gasteiger partial charge in [-0.2, -0.15) is 0 Å². The first-order valence-electron chi connectivity index (χ1n) is 6.19. The molecule has 1 aromatic carbocycles. The van der Waals surface area contributed by atoms with Gasteiger partial charge in [-0.05, 0) is 24.1 Å². The summed E-state index contributed by atoms with van der Waals surface area (Å²) in [6, 6.07) is 7.36. The highest BCUT2D eigenvalue weighted by atomic mass is 16.1. The van der Waals surface area contributed by atoms with Crippen LogP contribution in [-0.4, -0.2) is 27.4 Å². The van der Waals surface area contributed by atoms with Crippen LogP contribution in [0.3, 0.4) is 0 Å². The van der Waals surface area contributed by atoms with E-state index >= 15 is 0 Å². The van der Waals surface area contributed by atoms with Crippen molar-refractivity contribution in [2.24, 2.45) is 0 Å². The number of carbonyl (C=O) groups excluding carboxylic acids is 1. The number of nitrogens with zero attached hydrogens (tertiary/aromatic N) is 3. The van der Waals surface area contributed by atoms with Crippen molar-refractivity contribution in [1.82, 2.24) is 20.3 Å². The molecule has 100 valence electrons. The number of hydrogen-bond acceptors (Lipinski definition) is 4. The first-order chi connectivity index (χ1) is 9.24. The maximum Gasteiger partial charge on any atom is 0.224 e. The van der Waals surface area contributed by atoms with E-state index in [1.54, 1.807) is 23.1 Å². The van der Waals surface area contributed by atoms with Gasteiger partial charge < -0.3 is 11.1 Å². The molecule has 0 atom stereocenters. The van der Waals surface area contributed by atoms with E-state index in [-0.39, 0.29) is 5.91 Å². The SMILES string of the molecule is Nc1cccc(CC(=O)NCCCn2ccnn2)c1. The molecular formula is C13H17N5O. The molecule has 0 unspecified atom stereocenters. The summed E-state index contributed by atoms with van der Waals surface area (Å²) in [6.07, 6.45) is 4.62. The van der Waals surface area contributed by atoms with E-state index in [0.29, 0.717) is 18.7 Å². The van der Waals surface area contributed by atoms with Crippen molar-refractivity contribution in [2.75, 3.05) is 12.3 Å². The lowest BCUT2D eigenvalue weighted by molar-refractivity contribution is -0.120.